The van der Waals surface area contributed by atoms with Crippen molar-refractivity contribution < 1.29 is 0 Å². The van der Waals surface area contributed by atoms with Gasteiger partial charge in [-0.05, 0) is 26.3 Å². The number of rotatable bonds is 8. The molecule has 1 aromatic heterocycles. The molecule has 0 saturated heterocycles. The number of hydrogen-bond acceptors (Lipinski definition) is 2. The fourth-order valence-corrected chi connectivity index (χ4v) is 2.33. The lowest BCUT2D eigenvalue weighted by atomic mass is 9.93. The predicted octanol–water partition coefficient (Wildman–Crippen LogP) is 2.86. The van der Waals surface area contributed by atoms with Crippen LogP contribution in [0.2, 0.25) is 0 Å². The van der Waals surface area contributed by atoms with Gasteiger partial charge in [-0.3, -0.25) is 0 Å². The van der Waals surface area contributed by atoms with Gasteiger partial charge in [-0.25, -0.2) is 4.98 Å². The second-order valence-electron chi connectivity index (χ2n) is 4.85. The van der Waals surface area contributed by atoms with Gasteiger partial charge in [0, 0.05) is 31.4 Å². The van der Waals surface area contributed by atoms with E-state index >= 15 is 0 Å². The van der Waals surface area contributed by atoms with Crippen LogP contribution >= 0.6 is 0 Å². The minimum absolute atomic E-state index is 0.536. The first-order valence-corrected chi connectivity index (χ1v) is 6.90. The van der Waals surface area contributed by atoms with Gasteiger partial charge in [0.2, 0.25) is 0 Å². The molecule has 2 atom stereocenters. The molecule has 3 heteroatoms. The van der Waals surface area contributed by atoms with Crippen molar-refractivity contribution in [2.75, 3.05) is 7.05 Å². The SMILES string of the molecule is CCCCC(C)C(Cc1nccn1CC)NC. The predicted molar refractivity (Wildman–Crippen MR) is 73.1 cm³/mol. The van der Waals surface area contributed by atoms with Crippen molar-refractivity contribution in [2.24, 2.45) is 5.92 Å². The summed E-state index contributed by atoms with van der Waals surface area (Å²) in [5, 5.41) is 3.45. The van der Waals surface area contributed by atoms with Crippen LogP contribution in [0.5, 0.6) is 0 Å². The van der Waals surface area contributed by atoms with Crippen molar-refractivity contribution in [3.05, 3.63) is 18.2 Å². The first kappa shape index (κ1) is 14.2. The van der Waals surface area contributed by atoms with Gasteiger partial charge in [0.25, 0.3) is 0 Å². The van der Waals surface area contributed by atoms with Gasteiger partial charge in [-0.2, -0.15) is 0 Å². The monoisotopic (exact) mass is 237 g/mol. The molecule has 1 rings (SSSR count). The van der Waals surface area contributed by atoms with Gasteiger partial charge < -0.3 is 9.88 Å². The van der Waals surface area contributed by atoms with Crippen molar-refractivity contribution in [2.45, 2.75) is 59.0 Å². The standard InChI is InChI=1S/C14H27N3/c1-5-7-8-12(3)13(15-4)11-14-16-9-10-17(14)6-2/h9-10,12-13,15H,5-8,11H2,1-4H3. The molecule has 0 aliphatic rings. The zero-order valence-corrected chi connectivity index (χ0v) is 11.7. The Bertz CT molecular complexity index is 306. The van der Waals surface area contributed by atoms with E-state index in [1.807, 2.05) is 6.20 Å². The number of likely N-dealkylation sites (N-methyl/N-ethyl adjacent to an activating group) is 1. The molecule has 17 heavy (non-hydrogen) atoms. The molecule has 1 aromatic rings. The highest BCUT2D eigenvalue weighted by Gasteiger charge is 2.17. The average molecular weight is 237 g/mol. The van der Waals surface area contributed by atoms with Crippen LogP contribution in [0.25, 0.3) is 0 Å². The number of unbranched alkanes of at least 4 members (excludes halogenated alkanes) is 1. The van der Waals surface area contributed by atoms with E-state index in [1.54, 1.807) is 0 Å². The third-order valence-electron chi connectivity index (χ3n) is 3.62. The number of aromatic nitrogens is 2. The highest BCUT2D eigenvalue weighted by Crippen LogP contribution is 2.15. The van der Waals surface area contributed by atoms with Crippen LogP contribution in [0, 0.1) is 5.92 Å². The first-order valence-electron chi connectivity index (χ1n) is 6.90. The fraction of sp³-hybridized carbons (Fsp3) is 0.786. The van der Waals surface area contributed by atoms with E-state index in [-0.39, 0.29) is 0 Å². The van der Waals surface area contributed by atoms with Gasteiger partial charge in [-0.15, -0.1) is 0 Å². The maximum Gasteiger partial charge on any atom is 0.110 e. The van der Waals surface area contributed by atoms with Crippen molar-refractivity contribution in [1.82, 2.24) is 14.9 Å². The Kier molecular flexibility index (Phi) is 6.27. The van der Waals surface area contributed by atoms with Crippen molar-refractivity contribution in [1.29, 1.82) is 0 Å². The summed E-state index contributed by atoms with van der Waals surface area (Å²) in [6.45, 7) is 7.77. The minimum atomic E-state index is 0.536. The highest BCUT2D eigenvalue weighted by molar-refractivity contribution is 4.96. The molecule has 0 spiro atoms. The van der Waals surface area contributed by atoms with Gasteiger partial charge in [-0.1, -0.05) is 26.7 Å². The van der Waals surface area contributed by atoms with Crippen LogP contribution in [-0.4, -0.2) is 22.6 Å². The van der Waals surface area contributed by atoms with Crippen molar-refractivity contribution in [3.63, 3.8) is 0 Å². The van der Waals surface area contributed by atoms with Crippen LogP contribution in [0.15, 0.2) is 12.4 Å². The molecule has 0 radical (unpaired) electrons. The molecule has 0 amide bonds. The Labute approximate surface area is 106 Å². The molecule has 2 unspecified atom stereocenters. The molecule has 0 aliphatic carbocycles. The van der Waals surface area contributed by atoms with E-state index in [1.165, 1.54) is 25.1 Å². The molecular weight excluding hydrogens is 210 g/mol. The largest absolute Gasteiger partial charge is 0.335 e. The van der Waals surface area contributed by atoms with E-state index < -0.39 is 0 Å². The van der Waals surface area contributed by atoms with Gasteiger partial charge >= 0.3 is 0 Å². The molecule has 1 N–H and O–H groups in total. The summed E-state index contributed by atoms with van der Waals surface area (Å²) in [5.74, 6) is 1.91. The fourth-order valence-electron chi connectivity index (χ4n) is 2.33. The van der Waals surface area contributed by atoms with E-state index in [9.17, 15) is 0 Å². The molecule has 0 bridgehead atoms. The summed E-state index contributed by atoms with van der Waals surface area (Å²) >= 11 is 0. The molecule has 3 nitrogen and oxygen atoms in total. The van der Waals surface area contributed by atoms with Crippen LogP contribution in [0.3, 0.4) is 0 Å². The Morgan fingerprint density at radius 1 is 1.41 bits per heavy atom. The zero-order valence-electron chi connectivity index (χ0n) is 11.7. The Morgan fingerprint density at radius 2 is 2.18 bits per heavy atom. The van der Waals surface area contributed by atoms with Crippen LogP contribution in [0.1, 0.15) is 45.9 Å². The lowest BCUT2D eigenvalue weighted by Gasteiger charge is -2.23. The summed E-state index contributed by atoms with van der Waals surface area (Å²) in [6, 6.07) is 0.536. The molecule has 0 fully saturated rings. The summed E-state index contributed by atoms with van der Waals surface area (Å²) < 4.78 is 2.23. The van der Waals surface area contributed by atoms with Crippen LogP contribution in [-0.2, 0) is 13.0 Å². The summed E-state index contributed by atoms with van der Waals surface area (Å²) in [6.07, 6.45) is 8.91. The van der Waals surface area contributed by atoms with Gasteiger partial charge in [0.15, 0.2) is 0 Å². The van der Waals surface area contributed by atoms with Crippen molar-refractivity contribution >= 4 is 0 Å². The average Bonchev–Trinajstić information content (AvgIpc) is 2.80. The Hall–Kier alpha value is -0.830. The lowest BCUT2D eigenvalue weighted by molar-refractivity contribution is 0.358. The lowest BCUT2D eigenvalue weighted by Crippen LogP contribution is -2.35. The summed E-state index contributed by atoms with van der Waals surface area (Å²) in [7, 11) is 2.06. The Morgan fingerprint density at radius 3 is 2.76 bits per heavy atom. The molecule has 0 aromatic carbocycles. The smallest absolute Gasteiger partial charge is 0.110 e. The normalized spacial score (nSPS) is 14.8. The summed E-state index contributed by atoms with van der Waals surface area (Å²) in [5.41, 5.74) is 0. The summed E-state index contributed by atoms with van der Waals surface area (Å²) in [4.78, 5) is 4.46. The third kappa shape index (κ3) is 4.15. The highest BCUT2D eigenvalue weighted by atomic mass is 15.1. The first-order chi connectivity index (χ1) is 8.22. The molecule has 0 saturated carbocycles. The number of nitrogens with one attached hydrogen (secondary N) is 1. The third-order valence-corrected chi connectivity index (χ3v) is 3.62. The molecular formula is C14H27N3. The number of aryl methyl sites for hydroxylation is 1. The van der Waals surface area contributed by atoms with Gasteiger partial charge in [0.1, 0.15) is 5.82 Å². The quantitative estimate of drug-likeness (QED) is 0.753. The number of nitrogens with zero attached hydrogens (tertiary/aromatic N) is 2. The molecule has 98 valence electrons. The van der Waals surface area contributed by atoms with Crippen molar-refractivity contribution in [3.8, 4) is 0 Å². The maximum atomic E-state index is 4.46. The molecule has 0 aliphatic heterocycles. The van der Waals surface area contributed by atoms with E-state index in [4.69, 9.17) is 0 Å². The van der Waals surface area contributed by atoms with Crippen LogP contribution in [0.4, 0.5) is 0 Å². The van der Waals surface area contributed by atoms with Gasteiger partial charge in [0.05, 0.1) is 0 Å². The maximum absolute atomic E-state index is 4.46. The van der Waals surface area contributed by atoms with E-state index in [2.05, 4.69) is 48.9 Å². The zero-order chi connectivity index (χ0) is 12.7. The topological polar surface area (TPSA) is 29.9 Å². The minimum Gasteiger partial charge on any atom is -0.335 e. The van der Waals surface area contributed by atoms with Crippen LogP contribution < -0.4 is 5.32 Å². The molecule has 1 heterocycles. The number of hydrogen-bond donors (Lipinski definition) is 1. The van der Waals surface area contributed by atoms with E-state index in [0.29, 0.717) is 12.0 Å². The number of imidazole rings is 1. The second kappa shape index (κ2) is 7.49. The Balaban J connectivity index is 2.56. The van der Waals surface area contributed by atoms with E-state index in [0.717, 1.165) is 13.0 Å². The second-order valence-corrected chi connectivity index (χ2v) is 4.85.